The van der Waals surface area contributed by atoms with Gasteiger partial charge < -0.3 is 10.1 Å². The Morgan fingerprint density at radius 1 is 1.14 bits per heavy atom. The van der Waals surface area contributed by atoms with Gasteiger partial charge in [0.1, 0.15) is 5.82 Å². The molecule has 29 heavy (non-hydrogen) atoms. The summed E-state index contributed by atoms with van der Waals surface area (Å²) in [5, 5.41) is 7.20. The maximum atomic E-state index is 13.3. The van der Waals surface area contributed by atoms with Crippen molar-refractivity contribution in [1.82, 2.24) is 9.78 Å². The number of anilines is 1. The third-order valence-electron chi connectivity index (χ3n) is 4.58. The summed E-state index contributed by atoms with van der Waals surface area (Å²) in [5.41, 5.74) is 3.45. The van der Waals surface area contributed by atoms with Crippen molar-refractivity contribution in [3.05, 3.63) is 76.9 Å². The van der Waals surface area contributed by atoms with Gasteiger partial charge in [0.05, 0.1) is 35.8 Å². The van der Waals surface area contributed by atoms with E-state index in [2.05, 4.69) is 10.4 Å². The van der Waals surface area contributed by atoms with Crippen molar-refractivity contribution in [3.8, 4) is 5.69 Å². The van der Waals surface area contributed by atoms with Gasteiger partial charge in [-0.05, 0) is 54.8 Å². The van der Waals surface area contributed by atoms with E-state index in [1.165, 1.54) is 25.4 Å². The zero-order chi connectivity index (χ0) is 21.1. The minimum Gasteiger partial charge on any atom is -0.465 e. The summed E-state index contributed by atoms with van der Waals surface area (Å²) in [6.07, 6.45) is 1.49. The first-order chi connectivity index (χ1) is 13.8. The number of hydrogen-bond donors (Lipinski definition) is 1. The Kier molecular flexibility index (Phi) is 5.77. The molecule has 150 valence electrons. The van der Waals surface area contributed by atoms with Gasteiger partial charge in [0, 0.05) is 5.69 Å². The SMILES string of the molecule is COC(=O)c1ccc(C)c(NC(=O)c2cnn(-c3ccc(F)cc3)c2C(C)C)c1. The lowest BCUT2D eigenvalue weighted by atomic mass is 10.0. The standard InChI is InChI=1S/C22H22FN3O3/c1-13(2)20-18(12-24-26(20)17-9-7-16(23)8-10-17)21(27)25-19-11-15(22(28)29-4)6-5-14(19)3/h5-13H,1-4H3,(H,25,27). The molecule has 0 aliphatic carbocycles. The number of halogens is 1. The lowest BCUT2D eigenvalue weighted by Gasteiger charge is -2.14. The van der Waals surface area contributed by atoms with Gasteiger partial charge in [-0.15, -0.1) is 0 Å². The van der Waals surface area contributed by atoms with Gasteiger partial charge in [0.2, 0.25) is 0 Å². The van der Waals surface area contributed by atoms with Gasteiger partial charge in [-0.3, -0.25) is 4.79 Å². The van der Waals surface area contributed by atoms with Crippen LogP contribution in [0, 0.1) is 12.7 Å². The molecule has 0 spiro atoms. The van der Waals surface area contributed by atoms with Crippen molar-refractivity contribution in [2.24, 2.45) is 0 Å². The Morgan fingerprint density at radius 2 is 1.83 bits per heavy atom. The zero-order valence-electron chi connectivity index (χ0n) is 16.7. The minimum absolute atomic E-state index is 0.00852. The normalized spacial score (nSPS) is 10.8. The van der Waals surface area contributed by atoms with Gasteiger partial charge in [-0.25, -0.2) is 13.9 Å². The number of amides is 1. The number of carbonyl (C=O) groups is 2. The predicted molar refractivity (Wildman–Crippen MR) is 108 cm³/mol. The molecule has 7 heteroatoms. The number of esters is 1. The van der Waals surface area contributed by atoms with Crippen LogP contribution in [0.1, 0.15) is 51.7 Å². The van der Waals surface area contributed by atoms with Crippen molar-refractivity contribution >= 4 is 17.6 Å². The predicted octanol–water partition coefficient (Wildman–Crippen LogP) is 4.48. The van der Waals surface area contributed by atoms with E-state index in [0.29, 0.717) is 28.2 Å². The molecule has 6 nitrogen and oxygen atoms in total. The van der Waals surface area contributed by atoms with E-state index in [9.17, 15) is 14.0 Å². The highest BCUT2D eigenvalue weighted by Gasteiger charge is 2.22. The minimum atomic E-state index is -0.479. The lowest BCUT2D eigenvalue weighted by molar-refractivity contribution is 0.0600. The first kappa shape index (κ1) is 20.3. The molecule has 1 N–H and O–H groups in total. The maximum absolute atomic E-state index is 13.3. The fourth-order valence-corrected chi connectivity index (χ4v) is 3.07. The van der Waals surface area contributed by atoms with Crippen LogP contribution in [0.15, 0.2) is 48.7 Å². The Labute approximate surface area is 168 Å². The topological polar surface area (TPSA) is 73.2 Å². The summed E-state index contributed by atoms with van der Waals surface area (Å²) >= 11 is 0. The third-order valence-corrected chi connectivity index (χ3v) is 4.58. The molecule has 0 saturated heterocycles. The maximum Gasteiger partial charge on any atom is 0.337 e. The molecule has 1 aromatic heterocycles. The van der Waals surface area contributed by atoms with Crippen molar-refractivity contribution in [1.29, 1.82) is 0 Å². The highest BCUT2D eigenvalue weighted by molar-refractivity contribution is 6.06. The van der Waals surface area contributed by atoms with Crippen molar-refractivity contribution in [2.45, 2.75) is 26.7 Å². The van der Waals surface area contributed by atoms with E-state index < -0.39 is 5.97 Å². The molecule has 3 rings (SSSR count). The Hall–Kier alpha value is -3.48. The Bertz CT molecular complexity index is 1060. The molecular weight excluding hydrogens is 373 g/mol. The number of aryl methyl sites for hydroxylation is 1. The van der Waals surface area contributed by atoms with E-state index in [0.717, 1.165) is 5.56 Å². The van der Waals surface area contributed by atoms with Crippen molar-refractivity contribution in [3.63, 3.8) is 0 Å². The fraction of sp³-hybridized carbons (Fsp3) is 0.227. The van der Waals surface area contributed by atoms with E-state index in [-0.39, 0.29) is 17.6 Å². The van der Waals surface area contributed by atoms with Gasteiger partial charge in [0.15, 0.2) is 0 Å². The molecule has 0 bridgehead atoms. The van der Waals surface area contributed by atoms with Gasteiger partial charge in [-0.1, -0.05) is 19.9 Å². The van der Waals surface area contributed by atoms with Crippen LogP contribution in [-0.2, 0) is 4.74 Å². The molecular formula is C22H22FN3O3. The highest BCUT2D eigenvalue weighted by Crippen LogP contribution is 2.25. The fourth-order valence-electron chi connectivity index (χ4n) is 3.07. The summed E-state index contributed by atoms with van der Waals surface area (Å²) in [7, 11) is 1.30. The second-order valence-electron chi connectivity index (χ2n) is 6.96. The number of methoxy groups -OCH3 is 1. The van der Waals surface area contributed by atoms with E-state index in [1.807, 2.05) is 20.8 Å². The summed E-state index contributed by atoms with van der Waals surface area (Å²) in [6.45, 7) is 5.75. The summed E-state index contributed by atoms with van der Waals surface area (Å²) in [6, 6.07) is 10.9. The molecule has 0 saturated carbocycles. The summed E-state index contributed by atoms with van der Waals surface area (Å²) in [4.78, 5) is 24.8. The number of rotatable bonds is 5. The monoisotopic (exact) mass is 395 g/mol. The Balaban J connectivity index is 1.96. The van der Waals surface area contributed by atoms with Gasteiger partial charge in [-0.2, -0.15) is 5.10 Å². The second-order valence-corrected chi connectivity index (χ2v) is 6.96. The van der Waals surface area contributed by atoms with Crippen LogP contribution in [0.5, 0.6) is 0 Å². The number of aromatic nitrogens is 2. The quantitative estimate of drug-likeness (QED) is 0.647. The summed E-state index contributed by atoms with van der Waals surface area (Å²) in [5.74, 6) is -1.17. The van der Waals surface area contributed by atoms with E-state index in [1.54, 1.807) is 35.0 Å². The molecule has 0 radical (unpaired) electrons. The molecule has 1 heterocycles. The van der Waals surface area contributed by atoms with Crippen LogP contribution < -0.4 is 5.32 Å². The van der Waals surface area contributed by atoms with Crippen molar-refractivity contribution < 1.29 is 18.7 Å². The average molecular weight is 395 g/mol. The molecule has 2 aromatic carbocycles. The zero-order valence-corrected chi connectivity index (χ0v) is 16.7. The smallest absolute Gasteiger partial charge is 0.337 e. The summed E-state index contributed by atoms with van der Waals surface area (Å²) < 4.78 is 19.6. The van der Waals surface area contributed by atoms with Crippen LogP contribution in [0.2, 0.25) is 0 Å². The van der Waals surface area contributed by atoms with Crippen LogP contribution in [0.3, 0.4) is 0 Å². The van der Waals surface area contributed by atoms with Crippen LogP contribution in [0.25, 0.3) is 5.69 Å². The highest BCUT2D eigenvalue weighted by atomic mass is 19.1. The molecule has 0 aliphatic heterocycles. The first-order valence-electron chi connectivity index (χ1n) is 9.16. The second kappa shape index (κ2) is 8.26. The Morgan fingerprint density at radius 3 is 2.45 bits per heavy atom. The van der Waals surface area contributed by atoms with Crippen LogP contribution in [-0.4, -0.2) is 28.8 Å². The largest absolute Gasteiger partial charge is 0.465 e. The van der Waals surface area contributed by atoms with Crippen LogP contribution in [0.4, 0.5) is 10.1 Å². The number of hydrogen-bond acceptors (Lipinski definition) is 4. The number of carbonyl (C=O) groups excluding carboxylic acids is 2. The molecule has 3 aromatic rings. The number of nitrogens with zero attached hydrogens (tertiary/aromatic N) is 2. The number of nitrogens with one attached hydrogen (secondary N) is 1. The lowest BCUT2D eigenvalue weighted by Crippen LogP contribution is -2.16. The van der Waals surface area contributed by atoms with Crippen LogP contribution >= 0.6 is 0 Å². The third kappa shape index (κ3) is 4.18. The number of benzene rings is 2. The van der Waals surface area contributed by atoms with E-state index >= 15 is 0 Å². The molecule has 0 aliphatic rings. The van der Waals surface area contributed by atoms with E-state index in [4.69, 9.17) is 4.74 Å². The molecule has 0 atom stereocenters. The molecule has 0 unspecified atom stereocenters. The van der Waals surface area contributed by atoms with Crippen molar-refractivity contribution in [2.75, 3.05) is 12.4 Å². The van der Waals surface area contributed by atoms with Gasteiger partial charge in [0.25, 0.3) is 5.91 Å². The molecule has 1 amide bonds. The number of ether oxygens (including phenoxy) is 1. The van der Waals surface area contributed by atoms with Gasteiger partial charge >= 0.3 is 5.97 Å². The molecule has 0 fully saturated rings. The average Bonchev–Trinajstić information content (AvgIpc) is 3.15. The first-order valence-corrected chi connectivity index (χ1v) is 9.16.